The van der Waals surface area contributed by atoms with E-state index < -0.39 is 18.1 Å². The first-order chi connectivity index (χ1) is 11.1. The third kappa shape index (κ3) is 3.40. The summed E-state index contributed by atoms with van der Waals surface area (Å²) in [4.78, 5) is 24.3. The number of hydrogen-bond donors (Lipinski definition) is 1. The number of nitrogens with zero attached hydrogens (tertiary/aromatic N) is 1. The number of amides is 2. The number of ether oxygens (including phenoxy) is 1. The molecule has 2 aromatic carbocycles. The molecule has 2 aromatic rings. The lowest BCUT2D eigenvalue weighted by Crippen LogP contribution is -2.40. The highest BCUT2D eigenvalue weighted by Gasteiger charge is 2.32. The molecular formula is C18H17NO4. The van der Waals surface area contributed by atoms with Crippen LogP contribution in [0.2, 0.25) is 0 Å². The molecule has 0 bridgehead atoms. The highest BCUT2D eigenvalue weighted by molar-refractivity contribution is 5.95. The predicted octanol–water partition coefficient (Wildman–Crippen LogP) is 2.24. The molecule has 0 aliphatic carbocycles. The van der Waals surface area contributed by atoms with Gasteiger partial charge in [-0.25, -0.2) is 9.69 Å². The summed E-state index contributed by atoms with van der Waals surface area (Å²) in [5.41, 5.74) is 3.01. The number of cyclic esters (lactones) is 1. The molecule has 1 aliphatic rings. The van der Waals surface area contributed by atoms with E-state index in [1.165, 1.54) is 0 Å². The van der Waals surface area contributed by atoms with E-state index in [0.29, 0.717) is 0 Å². The van der Waals surface area contributed by atoms with Gasteiger partial charge in [0.05, 0.1) is 6.54 Å². The largest absolute Gasteiger partial charge is 0.447 e. The number of benzene rings is 2. The molecule has 3 rings (SSSR count). The summed E-state index contributed by atoms with van der Waals surface area (Å²) in [5, 5.41) is 10.0. The van der Waals surface area contributed by atoms with Gasteiger partial charge in [0, 0.05) is 6.42 Å². The zero-order valence-electron chi connectivity index (χ0n) is 12.5. The predicted molar refractivity (Wildman–Crippen MR) is 84.6 cm³/mol. The second kappa shape index (κ2) is 6.62. The van der Waals surface area contributed by atoms with Crippen molar-refractivity contribution >= 4 is 12.0 Å². The molecular weight excluding hydrogens is 294 g/mol. The molecule has 1 fully saturated rings. The van der Waals surface area contributed by atoms with Crippen LogP contribution in [0.5, 0.6) is 0 Å². The molecule has 0 unspecified atom stereocenters. The number of aliphatic hydroxyl groups excluding tert-OH is 1. The van der Waals surface area contributed by atoms with Crippen molar-refractivity contribution in [2.75, 3.05) is 13.2 Å². The van der Waals surface area contributed by atoms with Gasteiger partial charge in [-0.1, -0.05) is 54.6 Å². The van der Waals surface area contributed by atoms with E-state index in [-0.39, 0.29) is 19.6 Å². The van der Waals surface area contributed by atoms with E-state index in [1.807, 2.05) is 54.6 Å². The van der Waals surface area contributed by atoms with Gasteiger partial charge in [-0.3, -0.25) is 4.79 Å². The van der Waals surface area contributed by atoms with Crippen molar-refractivity contribution in [2.24, 2.45) is 0 Å². The second-order valence-electron chi connectivity index (χ2n) is 5.39. The summed E-state index contributed by atoms with van der Waals surface area (Å²) < 4.78 is 4.71. The lowest BCUT2D eigenvalue weighted by Gasteiger charge is -2.16. The lowest BCUT2D eigenvalue weighted by atomic mass is 10.0. The van der Waals surface area contributed by atoms with Crippen molar-refractivity contribution in [1.29, 1.82) is 0 Å². The number of imide groups is 1. The van der Waals surface area contributed by atoms with Gasteiger partial charge in [0.1, 0.15) is 12.7 Å². The Morgan fingerprint density at radius 2 is 1.74 bits per heavy atom. The van der Waals surface area contributed by atoms with Crippen LogP contribution < -0.4 is 0 Å². The van der Waals surface area contributed by atoms with Crippen LogP contribution in [0.1, 0.15) is 5.56 Å². The number of carbonyl (C=O) groups excluding carboxylic acids is 2. The highest BCUT2D eigenvalue weighted by Crippen LogP contribution is 2.20. The Labute approximate surface area is 134 Å². The van der Waals surface area contributed by atoms with Crippen LogP contribution in [0, 0.1) is 0 Å². The van der Waals surface area contributed by atoms with Crippen molar-refractivity contribution in [3.05, 3.63) is 60.2 Å². The van der Waals surface area contributed by atoms with E-state index >= 15 is 0 Å². The molecule has 1 saturated heterocycles. The summed E-state index contributed by atoms with van der Waals surface area (Å²) in [6.45, 7) is 0.380. The molecule has 0 spiro atoms. The average molecular weight is 311 g/mol. The molecule has 2 amide bonds. The maximum absolute atomic E-state index is 12.0. The first-order valence-corrected chi connectivity index (χ1v) is 7.46. The fraction of sp³-hybridized carbons (Fsp3) is 0.222. The van der Waals surface area contributed by atoms with Crippen LogP contribution in [0.3, 0.4) is 0 Å². The van der Waals surface area contributed by atoms with E-state index in [2.05, 4.69) is 0 Å². The standard InChI is InChI=1S/C18H17NO4/c20-16(17(21)19-10-11-23-18(19)22)12-13-6-8-15(9-7-13)14-4-2-1-3-5-14/h1-9,16,20H,10-12H2/t16-/m0/s1. The molecule has 0 aromatic heterocycles. The maximum Gasteiger partial charge on any atom is 0.416 e. The van der Waals surface area contributed by atoms with Crippen LogP contribution in [0.15, 0.2) is 54.6 Å². The molecule has 5 nitrogen and oxygen atoms in total. The topological polar surface area (TPSA) is 66.8 Å². The van der Waals surface area contributed by atoms with Crippen LogP contribution in [0.4, 0.5) is 4.79 Å². The second-order valence-corrected chi connectivity index (χ2v) is 5.39. The average Bonchev–Trinajstić information content (AvgIpc) is 3.01. The van der Waals surface area contributed by atoms with Crippen LogP contribution >= 0.6 is 0 Å². The molecule has 1 atom stereocenters. The minimum Gasteiger partial charge on any atom is -0.447 e. The summed E-state index contributed by atoms with van der Waals surface area (Å²) >= 11 is 0. The zero-order valence-corrected chi connectivity index (χ0v) is 12.5. The number of carbonyl (C=O) groups is 2. The third-order valence-electron chi connectivity index (χ3n) is 3.80. The minimum absolute atomic E-state index is 0.164. The van der Waals surface area contributed by atoms with E-state index in [9.17, 15) is 14.7 Å². The smallest absolute Gasteiger partial charge is 0.416 e. The normalized spacial score (nSPS) is 15.3. The van der Waals surface area contributed by atoms with Gasteiger partial charge in [0.2, 0.25) is 0 Å². The molecule has 118 valence electrons. The Morgan fingerprint density at radius 1 is 1.09 bits per heavy atom. The molecule has 1 aliphatic heterocycles. The van der Waals surface area contributed by atoms with Gasteiger partial charge in [-0.05, 0) is 16.7 Å². The highest BCUT2D eigenvalue weighted by atomic mass is 16.6. The Kier molecular flexibility index (Phi) is 4.39. The van der Waals surface area contributed by atoms with Crippen molar-refractivity contribution in [1.82, 2.24) is 4.90 Å². The van der Waals surface area contributed by atoms with Gasteiger partial charge in [0.25, 0.3) is 5.91 Å². The molecule has 1 N–H and O–H groups in total. The zero-order chi connectivity index (χ0) is 16.2. The van der Waals surface area contributed by atoms with Gasteiger partial charge in [-0.2, -0.15) is 0 Å². The molecule has 1 heterocycles. The van der Waals surface area contributed by atoms with Crippen LogP contribution in [-0.4, -0.2) is 41.3 Å². The SMILES string of the molecule is O=C1OCCN1C(=O)[C@@H](O)Cc1ccc(-c2ccccc2)cc1. The fourth-order valence-electron chi connectivity index (χ4n) is 2.55. The molecule has 23 heavy (non-hydrogen) atoms. The van der Waals surface area contributed by atoms with E-state index in [0.717, 1.165) is 21.6 Å². The fourth-order valence-corrected chi connectivity index (χ4v) is 2.55. The minimum atomic E-state index is -1.25. The summed E-state index contributed by atoms with van der Waals surface area (Å²) in [6, 6.07) is 17.6. The van der Waals surface area contributed by atoms with Crippen LogP contribution in [-0.2, 0) is 16.0 Å². The Balaban J connectivity index is 1.66. The first kappa shape index (κ1) is 15.2. The number of rotatable bonds is 4. The molecule has 0 saturated carbocycles. The number of aliphatic hydroxyl groups is 1. The van der Waals surface area contributed by atoms with E-state index in [4.69, 9.17) is 4.74 Å². The van der Waals surface area contributed by atoms with Crippen molar-refractivity contribution in [3.63, 3.8) is 0 Å². The molecule has 0 radical (unpaired) electrons. The summed E-state index contributed by atoms with van der Waals surface area (Å²) in [7, 11) is 0. The van der Waals surface area contributed by atoms with Gasteiger partial charge in [-0.15, -0.1) is 0 Å². The Bertz CT molecular complexity index is 697. The first-order valence-electron chi connectivity index (χ1n) is 7.46. The van der Waals surface area contributed by atoms with Gasteiger partial charge in [0.15, 0.2) is 0 Å². The third-order valence-corrected chi connectivity index (χ3v) is 3.80. The van der Waals surface area contributed by atoms with E-state index in [1.54, 1.807) is 0 Å². The van der Waals surface area contributed by atoms with Crippen molar-refractivity contribution in [3.8, 4) is 11.1 Å². The Morgan fingerprint density at radius 3 is 2.35 bits per heavy atom. The Hall–Kier alpha value is -2.66. The monoisotopic (exact) mass is 311 g/mol. The van der Waals surface area contributed by atoms with Crippen molar-refractivity contribution in [2.45, 2.75) is 12.5 Å². The van der Waals surface area contributed by atoms with Gasteiger partial charge < -0.3 is 9.84 Å². The van der Waals surface area contributed by atoms with Crippen molar-refractivity contribution < 1.29 is 19.4 Å². The molecule has 5 heteroatoms. The number of hydrogen-bond acceptors (Lipinski definition) is 4. The lowest BCUT2D eigenvalue weighted by molar-refractivity contribution is -0.136. The quantitative estimate of drug-likeness (QED) is 0.940. The van der Waals surface area contributed by atoms with Crippen LogP contribution in [0.25, 0.3) is 11.1 Å². The summed E-state index contributed by atoms with van der Waals surface area (Å²) in [5.74, 6) is -0.611. The summed E-state index contributed by atoms with van der Waals surface area (Å²) in [6.07, 6.45) is -1.77. The maximum atomic E-state index is 12.0. The van der Waals surface area contributed by atoms with Gasteiger partial charge >= 0.3 is 6.09 Å².